The number of aromatic amines is 1. The predicted octanol–water partition coefficient (Wildman–Crippen LogP) is 1.54. The van der Waals surface area contributed by atoms with Crippen molar-refractivity contribution in [3.63, 3.8) is 0 Å². The maximum Gasteiger partial charge on any atom is 0.329 e. The van der Waals surface area contributed by atoms with Crippen LogP contribution in [-0.4, -0.2) is 22.6 Å². The first-order valence-corrected chi connectivity index (χ1v) is 7.48. The molecular weight excluding hydrogens is 304 g/mol. The van der Waals surface area contributed by atoms with E-state index in [4.69, 9.17) is 0 Å². The number of anilines is 1. The van der Waals surface area contributed by atoms with Crippen LogP contribution in [0.4, 0.5) is 14.6 Å². The van der Waals surface area contributed by atoms with E-state index in [1.165, 1.54) is 13.1 Å². The molecule has 0 saturated carbocycles. The van der Waals surface area contributed by atoms with E-state index in [1.807, 2.05) is 4.90 Å². The molecule has 0 radical (unpaired) electrons. The normalized spacial score (nSPS) is 14.5. The summed E-state index contributed by atoms with van der Waals surface area (Å²) in [4.78, 5) is 29.0. The zero-order valence-electron chi connectivity index (χ0n) is 12.7. The Labute approximate surface area is 131 Å². The number of nitrogens with zero attached hydrogens (tertiary/aromatic N) is 2. The minimum atomic E-state index is -0.703. The van der Waals surface area contributed by atoms with Crippen molar-refractivity contribution < 1.29 is 8.78 Å². The molecule has 0 spiro atoms. The lowest BCUT2D eigenvalue weighted by Crippen LogP contribution is -2.38. The van der Waals surface area contributed by atoms with E-state index >= 15 is 0 Å². The van der Waals surface area contributed by atoms with E-state index in [1.54, 1.807) is 0 Å². The molecule has 23 heavy (non-hydrogen) atoms. The summed E-state index contributed by atoms with van der Waals surface area (Å²) in [6.45, 7) is 1.48. The van der Waals surface area contributed by atoms with Crippen LogP contribution >= 0.6 is 0 Å². The van der Waals surface area contributed by atoms with Gasteiger partial charge in [-0.3, -0.25) is 14.3 Å². The number of hydrogen-bond acceptors (Lipinski definition) is 3. The fourth-order valence-corrected chi connectivity index (χ4v) is 2.88. The van der Waals surface area contributed by atoms with Crippen LogP contribution in [0.15, 0.2) is 27.8 Å². The minimum absolute atomic E-state index is 0.00139. The van der Waals surface area contributed by atoms with Crippen molar-refractivity contribution in [3.8, 4) is 0 Å². The van der Waals surface area contributed by atoms with E-state index in [0.717, 1.165) is 42.6 Å². The third-order valence-electron chi connectivity index (χ3n) is 4.18. The highest BCUT2D eigenvalue weighted by Crippen LogP contribution is 2.22. The van der Waals surface area contributed by atoms with E-state index in [9.17, 15) is 18.4 Å². The number of benzene rings is 1. The van der Waals surface area contributed by atoms with Crippen molar-refractivity contribution in [2.75, 3.05) is 18.0 Å². The molecule has 1 aromatic heterocycles. The lowest BCUT2D eigenvalue weighted by atomic mass is 10.1. The van der Waals surface area contributed by atoms with Crippen LogP contribution < -0.4 is 16.1 Å². The summed E-state index contributed by atoms with van der Waals surface area (Å²) in [5.41, 5.74) is -0.421. The van der Waals surface area contributed by atoms with Gasteiger partial charge in [0.2, 0.25) is 0 Å². The molecule has 0 bridgehead atoms. The molecule has 1 aromatic carbocycles. The molecule has 1 fully saturated rings. The van der Waals surface area contributed by atoms with Gasteiger partial charge >= 0.3 is 5.69 Å². The molecule has 1 aliphatic rings. The SMILES string of the molecule is Cn1c(=O)[nH]c(N2CCCC2)c(Cc2ccc(F)cc2F)c1=O. The monoisotopic (exact) mass is 321 g/mol. The molecule has 0 unspecified atom stereocenters. The van der Waals surface area contributed by atoms with Crippen LogP contribution in [0.3, 0.4) is 0 Å². The first-order chi connectivity index (χ1) is 11.0. The number of halogens is 2. The Morgan fingerprint density at radius 2 is 1.87 bits per heavy atom. The lowest BCUT2D eigenvalue weighted by molar-refractivity contribution is 0.574. The highest BCUT2D eigenvalue weighted by Gasteiger charge is 2.21. The van der Waals surface area contributed by atoms with Gasteiger partial charge in [-0.15, -0.1) is 0 Å². The maximum atomic E-state index is 13.9. The molecule has 7 heteroatoms. The Morgan fingerprint density at radius 1 is 1.17 bits per heavy atom. The van der Waals surface area contributed by atoms with E-state index in [-0.39, 0.29) is 12.0 Å². The van der Waals surface area contributed by atoms with Crippen molar-refractivity contribution in [2.45, 2.75) is 19.3 Å². The molecular formula is C16H17F2N3O2. The smallest absolute Gasteiger partial charge is 0.329 e. The topological polar surface area (TPSA) is 58.1 Å². The highest BCUT2D eigenvalue weighted by atomic mass is 19.1. The van der Waals surface area contributed by atoms with Crippen LogP contribution in [0, 0.1) is 11.6 Å². The summed E-state index contributed by atoms with van der Waals surface area (Å²) in [5, 5.41) is 0. The van der Waals surface area contributed by atoms with Crippen LogP contribution in [0.2, 0.25) is 0 Å². The van der Waals surface area contributed by atoms with Gasteiger partial charge in [0.1, 0.15) is 17.5 Å². The molecule has 1 saturated heterocycles. The summed E-state index contributed by atoms with van der Waals surface area (Å²) in [7, 11) is 1.37. The molecule has 2 heterocycles. The van der Waals surface area contributed by atoms with Crippen molar-refractivity contribution in [2.24, 2.45) is 7.05 Å². The first-order valence-electron chi connectivity index (χ1n) is 7.48. The van der Waals surface area contributed by atoms with Crippen LogP contribution in [0.1, 0.15) is 24.0 Å². The quantitative estimate of drug-likeness (QED) is 0.933. The number of hydrogen-bond donors (Lipinski definition) is 1. The summed E-state index contributed by atoms with van der Waals surface area (Å²) in [6, 6.07) is 3.27. The fraction of sp³-hybridized carbons (Fsp3) is 0.375. The molecule has 5 nitrogen and oxygen atoms in total. The highest BCUT2D eigenvalue weighted by molar-refractivity contribution is 5.48. The van der Waals surface area contributed by atoms with Gasteiger partial charge in [0.05, 0.1) is 5.56 Å². The molecule has 2 aromatic rings. The maximum absolute atomic E-state index is 13.9. The fourth-order valence-electron chi connectivity index (χ4n) is 2.88. The molecule has 3 rings (SSSR count). The van der Waals surface area contributed by atoms with Gasteiger partial charge in [-0.1, -0.05) is 6.07 Å². The van der Waals surface area contributed by atoms with Gasteiger partial charge in [-0.2, -0.15) is 0 Å². The Kier molecular flexibility index (Phi) is 4.02. The largest absolute Gasteiger partial charge is 0.358 e. The van der Waals surface area contributed by atoms with Crippen molar-refractivity contribution in [3.05, 3.63) is 61.8 Å². The Hall–Kier alpha value is -2.44. The van der Waals surface area contributed by atoms with Crippen molar-refractivity contribution >= 4 is 5.82 Å². The number of nitrogens with one attached hydrogen (secondary N) is 1. The van der Waals surface area contributed by atoms with Crippen molar-refractivity contribution in [1.82, 2.24) is 9.55 Å². The zero-order chi connectivity index (χ0) is 16.6. The van der Waals surface area contributed by atoms with Crippen LogP contribution in [0.5, 0.6) is 0 Å². The Balaban J connectivity index is 2.11. The van der Waals surface area contributed by atoms with Gasteiger partial charge in [0.15, 0.2) is 0 Å². The number of H-pyrrole nitrogens is 1. The molecule has 1 aliphatic heterocycles. The molecule has 0 amide bonds. The van der Waals surface area contributed by atoms with Gasteiger partial charge < -0.3 is 4.90 Å². The summed E-state index contributed by atoms with van der Waals surface area (Å²) >= 11 is 0. The number of aromatic nitrogens is 2. The van der Waals surface area contributed by atoms with Crippen LogP contribution in [0.25, 0.3) is 0 Å². The second kappa shape index (κ2) is 5.98. The zero-order valence-corrected chi connectivity index (χ0v) is 12.7. The Morgan fingerprint density at radius 3 is 2.52 bits per heavy atom. The molecule has 0 aliphatic carbocycles. The van der Waals surface area contributed by atoms with E-state index < -0.39 is 22.9 Å². The average Bonchev–Trinajstić information content (AvgIpc) is 3.04. The minimum Gasteiger partial charge on any atom is -0.358 e. The van der Waals surface area contributed by atoms with Gasteiger partial charge in [-0.25, -0.2) is 13.6 Å². The van der Waals surface area contributed by atoms with E-state index in [2.05, 4.69) is 4.98 Å². The molecule has 122 valence electrons. The summed E-state index contributed by atoms with van der Waals surface area (Å²) in [6.07, 6.45) is 1.95. The molecule has 1 N–H and O–H groups in total. The standard InChI is InChI=1S/C16H17F2N3O2/c1-20-15(22)12(8-10-4-5-11(17)9-13(10)18)14(19-16(20)23)21-6-2-3-7-21/h4-5,9H,2-3,6-8H2,1H3,(H,19,23). The Bertz CT molecular complexity index is 851. The van der Waals surface area contributed by atoms with Crippen LogP contribution in [-0.2, 0) is 13.5 Å². The molecule has 0 atom stereocenters. The van der Waals surface area contributed by atoms with Gasteiger partial charge in [0, 0.05) is 32.6 Å². The second-order valence-corrected chi connectivity index (χ2v) is 5.73. The number of rotatable bonds is 3. The van der Waals surface area contributed by atoms with E-state index in [0.29, 0.717) is 11.4 Å². The van der Waals surface area contributed by atoms with Gasteiger partial charge in [-0.05, 0) is 24.5 Å². The second-order valence-electron chi connectivity index (χ2n) is 5.73. The lowest BCUT2D eigenvalue weighted by Gasteiger charge is -2.21. The first kappa shape index (κ1) is 15.5. The average molecular weight is 321 g/mol. The summed E-state index contributed by atoms with van der Waals surface area (Å²) in [5.74, 6) is -0.926. The van der Waals surface area contributed by atoms with Crippen molar-refractivity contribution in [1.29, 1.82) is 0 Å². The third-order valence-corrected chi connectivity index (χ3v) is 4.18. The van der Waals surface area contributed by atoms with Gasteiger partial charge in [0.25, 0.3) is 5.56 Å². The summed E-state index contributed by atoms with van der Waals surface area (Å²) < 4.78 is 27.9. The third kappa shape index (κ3) is 2.91. The predicted molar refractivity (Wildman–Crippen MR) is 82.9 cm³/mol.